The third-order valence-electron chi connectivity index (χ3n) is 2.41. The van der Waals surface area contributed by atoms with Gasteiger partial charge in [0.25, 0.3) is 0 Å². The highest BCUT2D eigenvalue weighted by molar-refractivity contribution is 9.10. The molecular formula is C13H7BrF2O3. The van der Waals surface area contributed by atoms with E-state index in [0.717, 1.165) is 0 Å². The molecule has 3 nitrogen and oxygen atoms in total. The van der Waals surface area contributed by atoms with Gasteiger partial charge in [0.15, 0.2) is 11.5 Å². The topological polar surface area (TPSA) is 27.7 Å². The van der Waals surface area contributed by atoms with Crippen molar-refractivity contribution in [3.8, 4) is 23.0 Å². The first kappa shape index (κ1) is 12.2. The second-order valence-electron chi connectivity index (χ2n) is 3.81. The minimum Gasteiger partial charge on any atom is -0.453 e. The van der Waals surface area contributed by atoms with Crippen LogP contribution in [-0.2, 0) is 0 Å². The van der Waals surface area contributed by atoms with E-state index in [-0.39, 0.29) is 17.2 Å². The highest BCUT2D eigenvalue weighted by atomic mass is 79.9. The van der Waals surface area contributed by atoms with Crippen molar-refractivity contribution >= 4 is 15.9 Å². The lowest BCUT2D eigenvalue weighted by molar-refractivity contribution is -0.287. The van der Waals surface area contributed by atoms with Gasteiger partial charge in [-0.05, 0) is 24.3 Å². The van der Waals surface area contributed by atoms with E-state index in [2.05, 4.69) is 25.4 Å². The molecule has 3 rings (SSSR count). The zero-order valence-electron chi connectivity index (χ0n) is 9.40. The summed E-state index contributed by atoms with van der Waals surface area (Å²) in [6.45, 7) is 0. The number of ether oxygens (including phenoxy) is 3. The Morgan fingerprint density at radius 2 is 1.79 bits per heavy atom. The monoisotopic (exact) mass is 328 g/mol. The highest BCUT2D eigenvalue weighted by Gasteiger charge is 2.45. The van der Waals surface area contributed by atoms with E-state index in [1.54, 1.807) is 24.3 Å². The standard InChI is InChI=1S/C13H7BrF2O3/c14-8-6-10(17-9-4-2-1-3-5-9)12-11(7-8)18-13(15,16)19-12/h1-7H. The van der Waals surface area contributed by atoms with Crippen molar-refractivity contribution in [3.63, 3.8) is 0 Å². The van der Waals surface area contributed by atoms with Crippen LogP contribution in [-0.4, -0.2) is 6.29 Å². The maximum absolute atomic E-state index is 13.1. The predicted molar refractivity (Wildman–Crippen MR) is 66.9 cm³/mol. The molecule has 1 aliphatic heterocycles. The van der Waals surface area contributed by atoms with E-state index >= 15 is 0 Å². The average Bonchev–Trinajstić information content (AvgIpc) is 2.65. The lowest BCUT2D eigenvalue weighted by atomic mass is 10.3. The SMILES string of the molecule is FC1(F)Oc2cc(Br)cc(Oc3ccccc3)c2O1. The van der Waals surface area contributed by atoms with E-state index in [9.17, 15) is 8.78 Å². The third kappa shape index (κ3) is 2.49. The number of hydrogen-bond donors (Lipinski definition) is 0. The number of fused-ring (bicyclic) bond motifs is 1. The molecule has 0 bridgehead atoms. The summed E-state index contributed by atoms with van der Waals surface area (Å²) in [7, 11) is 0. The average molecular weight is 329 g/mol. The minimum absolute atomic E-state index is 0.0645. The summed E-state index contributed by atoms with van der Waals surface area (Å²) in [5.74, 6) is 0.497. The Hall–Kier alpha value is -1.82. The Balaban J connectivity index is 1.99. The zero-order valence-corrected chi connectivity index (χ0v) is 11.0. The third-order valence-corrected chi connectivity index (χ3v) is 2.86. The molecule has 0 atom stereocenters. The lowest BCUT2D eigenvalue weighted by Gasteiger charge is -2.09. The van der Waals surface area contributed by atoms with Gasteiger partial charge < -0.3 is 14.2 Å². The first-order chi connectivity index (χ1) is 9.03. The molecule has 0 aromatic heterocycles. The minimum atomic E-state index is -3.67. The zero-order chi connectivity index (χ0) is 13.5. The summed E-state index contributed by atoms with van der Waals surface area (Å²) in [4.78, 5) is 0. The van der Waals surface area contributed by atoms with Gasteiger partial charge in [-0.3, -0.25) is 0 Å². The van der Waals surface area contributed by atoms with Gasteiger partial charge in [0, 0.05) is 4.47 Å². The van der Waals surface area contributed by atoms with Crippen LogP contribution < -0.4 is 14.2 Å². The number of halogens is 3. The van der Waals surface area contributed by atoms with E-state index in [1.165, 1.54) is 12.1 Å². The van der Waals surface area contributed by atoms with Gasteiger partial charge in [-0.1, -0.05) is 34.1 Å². The van der Waals surface area contributed by atoms with Crippen molar-refractivity contribution < 1.29 is 23.0 Å². The van der Waals surface area contributed by atoms with Crippen molar-refractivity contribution in [2.45, 2.75) is 6.29 Å². The molecule has 1 heterocycles. The van der Waals surface area contributed by atoms with Crippen LogP contribution >= 0.6 is 15.9 Å². The van der Waals surface area contributed by atoms with Crippen molar-refractivity contribution in [2.24, 2.45) is 0 Å². The van der Waals surface area contributed by atoms with Gasteiger partial charge in [-0.15, -0.1) is 8.78 Å². The maximum atomic E-state index is 13.1. The molecule has 0 unspecified atom stereocenters. The van der Waals surface area contributed by atoms with Crippen LogP contribution in [0.2, 0.25) is 0 Å². The van der Waals surface area contributed by atoms with Crippen molar-refractivity contribution in [3.05, 3.63) is 46.9 Å². The van der Waals surface area contributed by atoms with Crippen LogP contribution in [0.4, 0.5) is 8.78 Å². The first-order valence-electron chi connectivity index (χ1n) is 5.36. The van der Waals surface area contributed by atoms with Crippen molar-refractivity contribution in [1.29, 1.82) is 0 Å². The summed E-state index contributed by atoms with van der Waals surface area (Å²) in [5, 5.41) is 0. The van der Waals surface area contributed by atoms with Gasteiger partial charge in [0.2, 0.25) is 5.75 Å². The molecule has 0 aliphatic carbocycles. The quantitative estimate of drug-likeness (QED) is 0.808. The first-order valence-corrected chi connectivity index (χ1v) is 6.15. The number of para-hydroxylation sites is 1. The van der Waals surface area contributed by atoms with E-state index in [1.807, 2.05) is 6.07 Å². The maximum Gasteiger partial charge on any atom is 0.586 e. The molecule has 6 heteroatoms. The molecule has 0 fully saturated rings. The molecule has 2 aromatic rings. The van der Waals surface area contributed by atoms with E-state index in [4.69, 9.17) is 4.74 Å². The number of hydrogen-bond acceptors (Lipinski definition) is 3. The molecule has 0 N–H and O–H groups in total. The molecule has 0 amide bonds. The van der Waals surface area contributed by atoms with Crippen LogP contribution in [0.25, 0.3) is 0 Å². The van der Waals surface area contributed by atoms with Gasteiger partial charge in [-0.2, -0.15) is 0 Å². The molecule has 98 valence electrons. The van der Waals surface area contributed by atoms with E-state index < -0.39 is 6.29 Å². The van der Waals surface area contributed by atoms with Gasteiger partial charge >= 0.3 is 6.29 Å². The largest absolute Gasteiger partial charge is 0.586 e. The number of alkyl halides is 2. The van der Waals surface area contributed by atoms with Crippen LogP contribution in [0.5, 0.6) is 23.0 Å². The normalized spacial score (nSPS) is 15.3. The molecule has 0 radical (unpaired) electrons. The second-order valence-corrected chi connectivity index (χ2v) is 4.73. The Kier molecular flexibility index (Phi) is 2.82. The molecule has 0 saturated heterocycles. The molecule has 2 aromatic carbocycles. The highest BCUT2D eigenvalue weighted by Crippen LogP contribution is 2.49. The Labute approximate surface area is 115 Å². The molecule has 0 spiro atoms. The number of benzene rings is 2. The summed E-state index contributed by atoms with van der Waals surface area (Å²) < 4.78 is 41.1. The second kappa shape index (κ2) is 4.38. The predicted octanol–water partition coefficient (Wildman–Crippen LogP) is 4.56. The molecule has 19 heavy (non-hydrogen) atoms. The van der Waals surface area contributed by atoms with Crippen molar-refractivity contribution in [2.75, 3.05) is 0 Å². The Morgan fingerprint density at radius 1 is 1.05 bits per heavy atom. The Morgan fingerprint density at radius 3 is 2.53 bits per heavy atom. The van der Waals surface area contributed by atoms with Gasteiger partial charge in [0.1, 0.15) is 5.75 Å². The van der Waals surface area contributed by atoms with Crippen LogP contribution in [0, 0.1) is 0 Å². The molecule has 0 saturated carbocycles. The Bertz CT molecular complexity index is 617. The summed E-state index contributed by atoms with van der Waals surface area (Å²) in [6, 6.07) is 11.7. The van der Waals surface area contributed by atoms with Crippen LogP contribution in [0.1, 0.15) is 0 Å². The molecular weight excluding hydrogens is 322 g/mol. The lowest BCUT2D eigenvalue weighted by Crippen LogP contribution is -2.26. The summed E-state index contributed by atoms with van der Waals surface area (Å²) >= 11 is 3.21. The summed E-state index contributed by atoms with van der Waals surface area (Å²) in [6.07, 6.45) is -3.67. The van der Waals surface area contributed by atoms with Gasteiger partial charge in [0.05, 0.1) is 0 Å². The fraction of sp³-hybridized carbons (Fsp3) is 0.0769. The smallest absolute Gasteiger partial charge is 0.453 e. The van der Waals surface area contributed by atoms with Gasteiger partial charge in [-0.25, -0.2) is 0 Å². The fourth-order valence-electron chi connectivity index (χ4n) is 1.68. The number of rotatable bonds is 2. The molecule has 1 aliphatic rings. The van der Waals surface area contributed by atoms with Crippen LogP contribution in [0.15, 0.2) is 46.9 Å². The van der Waals surface area contributed by atoms with E-state index in [0.29, 0.717) is 10.2 Å². The fourth-order valence-corrected chi connectivity index (χ4v) is 2.10. The van der Waals surface area contributed by atoms with Crippen LogP contribution in [0.3, 0.4) is 0 Å². The summed E-state index contributed by atoms with van der Waals surface area (Å²) in [5.41, 5.74) is 0. The van der Waals surface area contributed by atoms with Crippen molar-refractivity contribution in [1.82, 2.24) is 0 Å².